The van der Waals surface area contributed by atoms with Crippen molar-refractivity contribution >= 4 is 5.82 Å². The van der Waals surface area contributed by atoms with Crippen molar-refractivity contribution in [2.24, 2.45) is 7.05 Å². The Hall–Kier alpha value is -1.98. The molecule has 20 heavy (non-hydrogen) atoms. The summed E-state index contributed by atoms with van der Waals surface area (Å²) in [7, 11) is 1.90. The second-order valence-corrected chi connectivity index (χ2v) is 6.54. The van der Waals surface area contributed by atoms with Gasteiger partial charge in [0.25, 0.3) is 0 Å². The topological polar surface area (TPSA) is 87.7 Å². The molecule has 0 atom stereocenters. The Bertz CT molecular complexity index is 627. The first kappa shape index (κ1) is 14.4. The van der Waals surface area contributed by atoms with Gasteiger partial charge in [0.2, 0.25) is 0 Å². The smallest absolute Gasteiger partial charge is 0.150 e. The number of aryl methyl sites for hydroxylation is 1. The first-order chi connectivity index (χ1) is 9.12. The molecule has 0 saturated carbocycles. The fourth-order valence-electron chi connectivity index (χ4n) is 2.28. The van der Waals surface area contributed by atoms with Crippen LogP contribution in [0.2, 0.25) is 0 Å². The van der Waals surface area contributed by atoms with Crippen molar-refractivity contribution in [2.75, 3.05) is 11.6 Å². The zero-order valence-corrected chi connectivity index (χ0v) is 13.1. The van der Waals surface area contributed by atoms with E-state index >= 15 is 0 Å². The number of hydrogen-bond donors (Lipinski definition) is 2. The van der Waals surface area contributed by atoms with Crippen molar-refractivity contribution in [3.8, 4) is 11.3 Å². The van der Waals surface area contributed by atoms with E-state index in [-0.39, 0.29) is 11.3 Å². The van der Waals surface area contributed by atoms with E-state index in [1.807, 2.05) is 27.1 Å². The highest BCUT2D eigenvalue weighted by molar-refractivity contribution is 5.73. The molecule has 0 bridgehead atoms. The molecular formula is C14H24N6. The van der Waals surface area contributed by atoms with E-state index in [2.05, 4.69) is 30.9 Å². The molecule has 110 valence electrons. The second-order valence-electron chi connectivity index (χ2n) is 6.54. The van der Waals surface area contributed by atoms with Gasteiger partial charge in [-0.25, -0.2) is 9.66 Å². The summed E-state index contributed by atoms with van der Waals surface area (Å²) >= 11 is 0. The summed E-state index contributed by atoms with van der Waals surface area (Å²) in [5, 5.41) is 4.55. The number of nitrogens with two attached hydrogens (primary N) is 2. The third-order valence-electron chi connectivity index (χ3n) is 3.29. The zero-order valence-electron chi connectivity index (χ0n) is 13.1. The van der Waals surface area contributed by atoms with Gasteiger partial charge in [-0.3, -0.25) is 4.68 Å². The van der Waals surface area contributed by atoms with Crippen LogP contribution < -0.4 is 11.6 Å². The van der Waals surface area contributed by atoms with Crippen LogP contribution in [-0.4, -0.2) is 19.4 Å². The van der Waals surface area contributed by atoms with E-state index < -0.39 is 0 Å². The van der Waals surface area contributed by atoms with E-state index in [0.717, 1.165) is 17.1 Å². The lowest BCUT2D eigenvalue weighted by Gasteiger charge is -2.16. The zero-order chi connectivity index (χ0) is 15.2. The van der Waals surface area contributed by atoms with Crippen molar-refractivity contribution in [3.05, 3.63) is 17.7 Å². The molecular weight excluding hydrogens is 252 g/mol. The van der Waals surface area contributed by atoms with E-state index in [0.29, 0.717) is 11.5 Å². The molecule has 0 radical (unpaired) electrons. The molecule has 6 heteroatoms. The monoisotopic (exact) mass is 276 g/mol. The molecule has 0 saturated heterocycles. The molecule has 0 amide bonds. The highest BCUT2D eigenvalue weighted by Gasteiger charge is 2.27. The third kappa shape index (κ3) is 2.26. The molecule has 2 aromatic heterocycles. The quantitative estimate of drug-likeness (QED) is 0.821. The molecule has 0 unspecified atom stereocenters. The maximum atomic E-state index is 6.13. The summed E-state index contributed by atoms with van der Waals surface area (Å²) in [6.07, 6.45) is 1.95. The van der Waals surface area contributed by atoms with E-state index in [1.54, 1.807) is 4.68 Å². The van der Waals surface area contributed by atoms with Gasteiger partial charge in [-0.2, -0.15) is 5.10 Å². The minimum atomic E-state index is -0.0839. The van der Waals surface area contributed by atoms with Crippen LogP contribution in [-0.2, 0) is 12.5 Å². The van der Waals surface area contributed by atoms with Gasteiger partial charge in [-0.1, -0.05) is 34.6 Å². The van der Waals surface area contributed by atoms with Crippen LogP contribution in [0.15, 0.2) is 6.20 Å². The second kappa shape index (κ2) is 4.54. The molecule has 0 spiro atoms. The Kier molecular flexibility index (Phi) is 3.28. The fraction of sp³-hybridized carbons (Fsp3) is 0.571. The Labute approximate surface area is 119 Å². The SMILES string of the molecule is CC(C)c1nc(-c2cn(C)nc2C(C)(C)C)c(N)n1N. The van der Waals surface area contributed by atoms with Crippen LogP contribution in [0.4, 0.5) is 5.82 Å². The number of rotatable bonds is 2. The van der Waals surface area contributed by atoms with Crippen LogP contribution in [0.3, 0.4) is 0 Å². The highest BCUT2D eigenvalue weighted by Crippen LogP contribution is 2.35. The predicted molar refractivity (Wildman–Crippen MR) is 81.8 cm³/mol. The summed E-state index contributed by atoms with van der Waals surface area (Å²) in [5.74, 6) is 7.48. The van der Waals surface area contributed by atoms with E-state index in [4.69, 9.17) is 11.6 Å². The van der Waals surface area contributed by atoms with Crippen LogP contribution in [0, 0.1) is 0 Å². The molecule has 0 fully saturated rings. The lowest BCUT2D eigenvalue weighted by molar-refractivity contribution is 0.554. The van der Waals surface area contributed by atoms with Gasteiger partial charge in [-0.05, 0) is 0 Å². The molecule has 2 aromatic rings. The summed E-state index contributed by atoms with van der Waals surface area (Å²) in [4.78, 5) is 4.63. The number of aromatic nitrogens is 4. The molecule has 0 aliphatic heterocycles. The van der Waals surface area contributed by atoms with Gasteiger partial charge < -0.3 is 11.6 Å². The maximum absolute atomic E-state index is 6.13. The summed E-state index contributed by atoms with van der Waals surface area (Å²) in [5.41, 5.74) is 8.69. The Morgan fingerprint density at radius 3 is 2.30 bits per heavy atom. The normalized spacial score (nSPS) is 12.3. The molecule has 0 aromatic carbocycles. The van der Waals surface area contributed by atoms with Crippen molar-refractivity contribution in [1.82, 2.24) is 19.4 Å². The third-order valence-corrected chi connectivity index (χ3v) is 3.29. The van der Waals surface area contributed by atoms with E-state index in [1.165, 1.54) is 4.68 Å². The Balaban J connectivity index is 2.67. The van der Waals surface area contributed by atoms with Crippen LogP contribution in [0.25, 0.3) is 11.3 Å². The summed E-state index contributed by atoms with van der Waals surface area (Å²) in [6, 6.07) is 0. The highest BCUT2D eigenvalue weighted by atomic mass is 15.4. The minimum absolute atomic E-state index is 0.0839. The minimum Gasteiger partial charge on any atom is -0.382 e. The fourth-order valence-corrected chi connectivity index (χ4v) is 2.28. The summed E-state index contributed by atoms with van der Waals surface area (Å²) in [6.45, 7) is 10.5. The van der Waals surface area contributed by atoms with Crippen LogP contribution in [0.5, 0.6) is 0 Å². The van der Waals surface area contributed by atoms with Gasteiger partial charge in [-0.15, -0.1) is 0 Å². The average Bonchev–Trinajstić information content (AvgIpc) is 2.81. The largest absolute Gasteiger partial charge is 0.382 e. The molecule has 2 rings (SSSR count). The number of nitrogen functional groups attached to an aromatic ring is 2. The van der Waals surface area contributed by atoms with Crippen molar-refractivity contribution in [3.63, 3.8) is 0 Å². The van der Waals surface area contributed by atoms with Gasteiger partial charge in [0.05, 0.1) is 5.69 Å². The number of nitrogens with zero attached hydrogens (tertiary/aromatic N) is 4. The van der Waals surface area contributed by atoms with Crippen molar-refractivity contribution in [1.29, 1.82) is 0 Å². The standard InChI is InChI=1S/C14H24N6/c1-8(2)13-17-10(12(15)20(13)16)9-7-19(6)18-11(9)14(3,4)5/h7-8H,15-16H2,1-6H3. The van der Waals surface area contributed by atoms with Gasteiger partial charge in [0, 0.05) is 30.1 Å². The van der Waals surface area contributed by atoms with Crippen LogP contribution in [0.1, 0.15) is 52.1 Å². The molecule has 0 aliphatic rings. The van der Waals surface area contributed by atoms with Crippen molar-refractivity contribution in [2.45, 2.75) is 46.0 Å². The predicted octanol–water partition coefficient (Wildman–Crippen LogP) is 2.00. The lowest BCUT2D eigenvalue weighted by Crippen LogP contribution is -2.16. The lowest BCUT2D eigenvalue weighted by atomic mass is 9.89. The van der Waals surface area contributed by atoms with Crippen LogP contribution >= 0.6 is 0 Å². The Morgan fingerprint density at radius 2 is 1.85 bits per heavy atom. The maximum Gasteiger partial charge on any atom is 0.150 e. The molecule has 0 aliphatic carbocycles. The number of imidazole rings is 1. The Morgan fingerprint density at radius 1 is 1.25 bits per heavy atom. The van der Waals surface area contributed by atoms with Crippen molar-refractivity contribution < 1.29 is 0 Å². The van der Waals surface area contributed by atoms with Gasteiger partial charge in [0.15, 0.2) is 5.82 Å². The van der Waals surface area contributed by atoms with Gasteiger partial charge >= 0.3 is 0 Å². The first-order valence-corrected chi connectivity index (χ1v) is 6.80. The van der Waals surface area contributed by atoms with Gasteiger partial charge in [0.1, 0.15) is 11.5 Å². The number of hydrogen-bond acceptors (Lipinski definition) is 4. The molecule has 6 nitrogen and oxygen atoms in total. The molecule has 2 heterocycles. The van der Waals surface area contributed by atoms with E-state index in [9.17, 15) is 0 Å². The number of anilines is 1. The molecule has 4 N–H and O–H groups in total. The average molecular weight is 276 g/mol. The first-order valence-electron chi connectivity index (χ1n) is 6.80. The summed E-state index contributed by atoms with van der Waals surface area (Å²) < 4.78 is 3.26.